The van der Waals surface area contributed by atoms with E-state index in [0.29, 0.717) is 11.4 Å². The summed E-state index contributed by atoms with van der Waals surface area (Å²) >= 11 is 0. The molecule has 3 N–H and O–H groups in total. The van der Waals surface area contributed by atoms with Crippen molar-refractivity contribution in [3.05, 3.63) is 35.4 Å². The van der Waals surface area contributed by atoms with Gasteiger partial charge in [0.2, 0.25) is 0 Å². The predicted octanol–water partition coefficient (Wildman–Crippen LogP) is 2.90. The Morgan fingerprint density at radius 3 is 2.16 bits per heavy atom. The number of nitrogens with one attached hydrogen (secondary N) is 1. The van der Waals surface area contributed by atoms with E-state index in [0.717, 1.165) is 31.7 Å². The topological polar surface area (TPSA) is 50.4 Å². The van der Waals surface area contributed by atoms with Crippen LogP contribution in [0, 0.1) is 11.6 Å². The number of rotatable bonds is 2. The van der Waals surface area contributed by atoms with E-state index >= 15 is 0 Å². The lowest BCUT2D eigenvalue weighted by molar-refractivity contribution is 0.578. The summed E-state index contributed by atoms with van der Waals surface area (Å²) < 4.78 is 26.4. The van der Waals surface area contributed by atoms with Crippen molar-refractivity contribution in [2.75, 3.05) is 0 Å². The number of aliphatic imine (C=N–C) groups is 1. The lowest BCUT2D eigenvalue weighted by Gasteiger charge is -2.13. The second-order valence-electron chi connectivity index (χ2n) is 4.93. The second-order valence-corrected chi connectivity index (χ2v) is 4.93. The SMILES string of the molecule is NNC(=NC1CCCCCC1)c1cc(F)cc(F)c1. The van der Waals surface area contributed by atoms with Crippen molar-refractivity contribution in [2.45, 2.75) is 44.6 Å². The first-order chi connectivity index (χ1) is 9.19. The van der Waals surface area contributed by atoms with Crippen LogP contribution in [0.25, 0.3) is 0 Å². The summed E-state index contributed by atoms with van der Waals surface area (Å²) in [5.41, 5.74) is 2.81. The first-order valence-corrected chi connectivity index (χ1v) is 6.70. The maximum Gasteiger partial charge on any atom is 0.142 e. The van der Waals surface area contributed by atoms with Gasteiger partial charge in [0, 0.05) is 11.6 Å². The van der Waals surface area contributed by atoms with Gasteiger partial charge in [0.05, 0.1) is 6.04 Å². The standard InChI is InChI=1S/C14H19F2N3/c15-11-7-10(8-12(16)9-11)14(19-17)18-13-5-3-1-2-4-6-13/h7-9,13H,1-6,17H2,(H,18,19). The molecular weight excluding hydrogens is 248 g/mol. The summed E-state index contributed by atoms with van der Waals surface area (Å²) in [6.07, 6.45) is 6.75. The number of benzene rings is 1. The Morgan fingerprint density at radius 1 is 1.05 bits per heavy atom. The average molecular weight is 267 g/mol. The Labute approximate surface area is 111 Å². The first kappa shape index (κ1) is 13.9. The van der Waals surface area contributed by atoms with Crippen LogP contribution in [0.3, 0.4) is 0 Å². The van der Waals surface area contributed by atoms with Crippen LogP contribution in [0.4, 0.5) is 8.78 Å². The molecule has 1 aromatic carbocycles. The second kappa shape index (κ2) is 6.61. The third-order valence-electron chi connectivity index (χ3n) is 3.41. The number of nitrogens with two attached hydrogens (primary N) is 1. The molecular formula is C14H19F2N3. The highest BCUT2D eigenvalue weighted by Gasteiger charge is 2.13. The summed E-state index contributed by atoms with van der Waals surface area (Å²) in [4.78, 5) is 4.51. The van der Waals surface area contributed by atoms with Crippen molar-refractivity contribution >= 4 is 5.84 Å². The smallest absolute Gasteiger partial charge is 0.142 e. The molecule has 1 fully saturated rings. The van der Waals surface area contributed by atoms with Crippen LogP contribution in [-0.4, -0.2) is 11.9 Å². The van der Waals surface area contributed by atoms with E-state index in [4.69, 9.17) is 5.84 Å². The Bertz CT molecular complexity index is 432. The van der Waals surface area contributed by atoms with Gasteiger partial charge in [-0.15, -0.1) is 0 Å². The van der Waals surface area contributed by atoms with Crippen LogP contribution in [0.2, 0.25) is 0 Å². The minimum Gasteiger partial charge on any atom is -0.308 e. The Balaban J connectivity index is 2.22. The van der Waals surface area contributed by atoms with Gasteiger partial charge in [0.25, 0.3) is 0 Å². The number of amidine groups is 1. The van der Waals surface area contributed by atoms with E-state index in [2.05, 4.69) is 10.4 Å². The monoisotopic (exact) mass is 267 g/mol. The van der Waals surface area contributed by atoms with Gasteiger partial charge < -0.3 is 5.43 Å². The number of hydrogen-bond acceptors (Lipinski definition) is 2. The van der Waals surface area contributed by atoms with Crippen molar-refractivity contribution in [2.24, 2.45) is 10.8 Å². The van der Waals surface area contributed by atoms with E-state index in [9.17, 15) is 8.78 Å². The van der Waals surface area contributed by atoms with Crippen molar-refractivity contribution in [1.82, 2.24) is 5.43 Å². The molecule has 0 spiro atoms. The molecule has 1 aromatic rings. The van der Waals surface area contributed by atoms with Gasteiger partial charge in [-0.2, -0.15) is 0 Å². The lowest BCUT2D eigenvalue weighted by Crippen LogP contribution is -2.32. The van der Waals surface area contributed by atoms with Crippen LogP contribution >= 0.6 is 0 Å². The molecule has 0 amide bonds. The Morgan fingerprint density at radius 2 is 1.63 bits per heavy atom. The van der Waals surface area contributed by atoms with E-state index in [-0.39, 0.29) is 6.04 Å². The summed E-state index contributed by atoms with van der Waals surface area (Å²) in [6.45, 7) is 0. The van der Waals surface area contributed by atoms with Crippen LogP contribution in [0.15, 0.2) is 23.2 Å². The van der Waals surface area contributed by atoms with E-state index < -0.39 is 11.6 Å². The molecule has 2 rings (SSSR count). The van der Waals surface area contributed by atoms with Gasteiger partial charge in [-0.25, -0.2) is 14.6 Å². The van der Waals surface area contributed by atoms with Gasteiger partial charge in [-0.05, 0) is 25.0 Å². The molecule has 1 aliphatic carbocycles. The number of nitrogens with zero attached hydrogens (tertiary/aromatic N) is 1. The minimum absolute atomic E-state index is 0.180. The molecule has 0 radical (unpaired) electrons. The molecule has 1 saturated carbocycles. The molecule has 0 saturated heterocycles. The largest absolute Gasteiger partial charge is 0.308 e. The fourth-order valence-corrected chi connectivity index (χ4v) is 2.46. The summed E-state index contributed by atoms with van der Waals surface area (Å²) in [6, 6.07) is 3.49. The molecule has 5 heteroatoms. The molecule has 0 heterocycles. The molecule has 0 atom stereocenters. The number of hydrazine groups is 1. The van der Waals surface area contributed by atoms with Gasteiger partial charge in [0.1, 0.15) is 17.5 Å². The van der Waals surface area contributed by atoms with Crippen molar-refractivity contribution in [1.29, 1.82) is 0 Å². The predicted molar refractivity (Wildman–Crippen MR) is 71.7 cm³/mol. The highest BCUT2D eigenvalue weighted by molar-refractivity contribution is 5.98. The highest BCUT2D eigenvalue weighted by Crippen LogP contribution is 2.20. The Hall–Kier alpha value is -1.49. The maximum atomic E-state index is 13.2. The van der Waals surface area contributed by atoms with Crippen LogP contribution in [0.5, 0.6) is 0 Å². The molecule has 0 bridgehead atoms. The van der Waals surface area contributed by atoms with E-state index in [1.54, 1.807) is 0 Å². The van der Waals surface area contributed by atoms with Crippen molar-refractivity contribution < 1.29 is 8.78 Å². The summed E-state index contributed by atoms with van der Waals surface area (Å²) in [5.74, 6) is 4.54. The molecule has 3 nitrogen and oxygen atoms in total. The van der Waals surface area contributed by atoms with Crippen LogP contribution < -0.4 is 11.3 Å². The van der Waals surface area contributed by atoms with E-state index in [1.165, 1.54) is 25.0 Å². The first-order valence-electron chi connectivity index (χ1n) is 6.70. The third-order valence-corrected chi connectivity index (χ3v) is 3.41. The summed E-state index contributed by atoms with van der Waals surface area (Å²) in [7, 11) is 0. The number of hydrogen-bond donors (Lipinski definition) is 2. The van der Waals surface area contributed by atoms with Crippen LogP contribution in [0.1, 0.15) is 44.1 Å². The fraction of sp³-hybridized carbons (Fsp3) is 0.500. The molecule has 19 heavy (non-hydrogen) atoms. The lowest BCUT2D eigenvalue weighted by atomic mass is 10.1. The van der Waals surface area contributed by atoms with Crippen molar-refractivity contribution in [3.63, 3.8) is 0 Å². The molecule has 0 unspecified atom stereocenters. The highest BCUT2D eigenvalue weighted by atomic mass is 19.1. The average Bonchev–Trinajstić information content (AvgIpc) is 2.63. The van der Waals surface area contributed by atoms with Gasteiger partial charge in [-0.3, -0.25) is 4.99 Å². The molecule has 1 aliphatic rings. The summed E-state index contributed by atoms with van der Waals surface area (Å²) in [5, 5.41) is 0. The van der Waals surface area contributed by atoms with Gasteiger partial charge in [-0.1, -0.05) is 25.7 Å². The Kier molecular flexibility index (Phi) is 4.85. The quantitative estimate of drug-likeness (QED) is 0.284. The number of halogens is 2. The minimum atomic E-state index is -0.626. The van der Waals surface area contributed by atoms with Gasteiger partial charge in [0.15, 0.2) is 0 Å². The van der Waals surface area contributed by atoms with Gasteiger partial charge >= 0.3 is 0 Å². The van der Waals surface area contributed by atoms with E-state index in [1.807, 2.05) is 0 Å². The molecule has 0 aromatic heterocycles. The zero-order chi connectivity index (χ0) is 13.7. The molecule has 0 aliphatic heterocycles. The normalized spacial score (nSPS) is 18.2. The van der Waals surface area contributed by atoms with Crippen molar-refractivity contribution in [3.8, 4) is 0 Å². The molecule has 104 valence electrons. The zero-order valence-corrected chi connectivity index (χ0v) is 10.8. The third kappa shape index (κ3) is 3.99. The maximum absolute atomic E-state index is 13.2. The van der Waals surface area contributed by atoms with Crippen LogP contribution in [-0.2, 0) is 0 Å². The fourth-order valence-electron chi connectivity index (χ4n) is 2.46. The zero-order valence-electron chi connectivity index (χ0n) is 10.8.